The van der Waals surface area contributed by atoms with Crippen molar-refractivity contribution in [2.24, 2.45) is 0 Å². The molecule has 5 heteroatoms. The summed E-state index contributed by atoms with van der Waals surface area (Å²) in [6, 6.07) is 4.64. The third kappa shape index (κ3) is 1.17. The highest BCUT2D eigenvalue weighted by atomic mass is 79.9. The first-order valence-corrected chi connectivity index (χ1v) is 4.54. The van der Waals surface area contributed by atoms with Crippen LogP contribution in [0.4, 0.5) is 0 Å². The Morgan fingerprint density at radius 3 is 2.71 bits per heavy atom. The number of carboxylic acid groups (broad SMARTS) is 1. The lowest BCUT2D eigenvalue weighted by atomic mass is 10.2. The molecule has 0 radical (unpaired) electrons. The molecule has 0 amide bonds. The van der Waals surface area contributed by atoms with E-state index in [0.29, 0.717) is 11.0 Å². The van der Waals surface area contributed by atoms with Gasteiger partial charge in [0.15, 0.2) is 0 Å². The molecule has 0 aliphatic rings. The number of halogens is 1. The van der Waals surface area contributed by atoms with Crippen LogP contribution < -0.4 is 0 Å². The number of carboxylic acids is 1. The molecular formula is C9H5BrO4. The minimum absolute atomic E-state index is 0.00868. The van der Waals surface area contributed by atoms with Crippen LogP contribution in [0.5, 0.6) is 5.75 Å². The van der Waals surface area contributed by atoms with E-state index in [1.807, 2.05) is 0 Å². The van der Waals surface area contributed by atoms with E-state index >= 15 is 0 Å². The number of rotatable bonds is 1. The molecule has 0 fully saturated rings. The summed E-state index contributed by atoms with van der Waals surface area (Å²) in [7, 11) is 0. The summed E-state index contributed by atoms with van der Waals surface area (Å²) >= 11 is 3.07. The van der Waals surface area contributed by atoms with Crippen molar-refractivity contribution in [3.8, 4) is 5.75 Å². The van der Waals surface area contributed by atoms with E-state index < -0.39 is 5.97 Å². The van der Waals surface area contributed by atoms with Crippen molar-refractivity contribution >= 4 is 32.9 Å². The van der Waals surface area contributed by atoms with E-state index in [-0.39, 0.29) is 16.0 Å². The highest BCUT2D eigenvalue weighted by Gasteiger charge is 2.19. The van der Waals surface area contributed by atoms with Crippen LogP contribution in [-0.4, -0.2) is 16.2 Å². The largest absolute Gasteiger partial charge is 0.507 e. The Labute approximate surface area is 86.9 Å². The van der Waals surface area contributed by atoms with Crippen molar-refractivity contribution in [3.63, 3.8) is 0 Å². The number of aromatic carboxylic acids is 1. The van der Waals surface area contributed by atoms with Crippen molar-refractivity contribution in [3.05, 3.63) is 28.4 Å². The van der Waals surface area contributed by atoms with Gasteiger partial charge in [0.2, 0.25) is 5.76 Å². The molecule has 4 nitrogen and oxygen atoms in total. The third-order valence-corrected chi connectivity index (χ3v) is 2.59. The lowest BCUT2D eigenvalue weighted by molar-refractivity contribution is 0.0663. The van der Waals surface area contributed by atoms with E-state index in [0.717, 1.165) is 0 Å². The summed E-state index contributed by atoms with van der Waals surface area (Å²) in [6.45, 7) is 0. The first-order valence-electron chi connectivity index (χ1n) is 3.74. The molecule has 0 unspecified atom stereocenters. The van der Waals surface area contributed by atoms with Crippen molar-refractivity contribution in [2.75, 3.05) is 0 Å². The molecule has 2 N–H and O–H groups in total. The van der Waals surface area contributed by atoms with Crippen LogP contribution in [0.2, 0.25) is 0 Å². The van der Waals surface area contributed by atoms with Gasteiger partial charge in [-0.05, 0) is 28.1 Å². The molecular weight excluding hydrogens is 252 g/mol. The lowest BCUT2D eigenvalue weighted by Gasteiger charge is -1.91. The second-order valence-electron chi connectivity index (χ2n) is 2.70. The van der Waals surface area contributed by atoms with Crippen LogP contribution in [0.15, 0.2) is 27.1 Å². The summed E-state index contributed by atoms with van der Waals surface area (Å²) in [6.07, 6.45) is 0. The minimum Gasteiger partial charge on any atom is -0.507 e. The second kappa shape index (κ2) is 3.02. The quantitative estimate of drug-likeness (QED) is 0.823. The smallest absolute Gasteiger partial charge is 0.373 e. The summed E-state index contributed by atoms with van der Waals surface area (Å²) in [4.78, 5) is 10.7. The Bertz CT molecular complexity index is 515. The van der Waals surface area contributed by atoms with Gasteiger partial charge in [-0.2, -0.15) is 0 Å². The van der Waals surface area contributed by atoms with E-state index in [9.17, 15) is 9.90 Å². The maximum atomic E-state index is 10.7. The summed E-state index contributed by atoms with van der Waals surface area (Å²) < 4.78 is 5.30. The third-order valence-electron chi connectivity index (χ3n) is 1.83. The van der Waals surface area contributed by atoms with E-state index in [2.05, 4.69) is 15.9 Å². The number of phenols is 1. The van der Waals surface area contributed by atoms with E-state index in [1.54, 1.807) is 12.1 Å². The van der Waals surface area contributed by atoms with Crippen LogP contribution in [-0.2, 0) is 0 Å². The average molecular weight is 257 g/mol. The monoisotopic (exact) mass is 256 g/mol. The Balaban J connectivity index is 2.87. The van der Waals surface area contributed by atoms with Crippen LogP contribution in [0.25, 0.3) is 11.0 Å². The predicted molar refractivity (Wildman–Crippen MR) is 52.5 cm³/mol. The number of carbonyl (C=O) groups is 1. The van der Waals surface area contributed by atoms with Gasteiger partial charge in [0.05, 0.1) is 9.86 Å². The second-order valence-corrected chi connectivity index (χ2v) is 3.49. The highest BCUT2D eigenvalue weighted by molar-refractivity contribution is 9.10. The molecule has 0 saturated carbocycles. The summed E-state index contributed by atoms with van der Waals surface area (Å²) in [5.41, 5.74) is 0.342. The number of hydrogen-bond acceptors (Lipinski definition) is 3. The maximum absolute atomic E-state index is 10.7. The van der Waals surface area contributed by atoms with E-state index in [1.165, 1.54) is 6.07 Å². The zero-order chi connectivity index (χ0) is 10.3. The van der Waals surface area contributed by atoms with Gasteiger partial charge >= 0.3 is 5.97 Å². The fraction of sp³-hybridized carbons (Fsp3) is 0. The van der Waals surface area contributed by atoms with Crippen molar-refractivity contribution in [2.45, 2.75) is 0 Å². The highest BCUT2D eigenvalue weighted by Crippen LogP contribution is 2.36. The molecule has 2 rings (SSSR count). The molecule has 2 aromatic rings. The summed E-state index contributed by atoms with van der Waals surface area (Å²) in [5, 5.41) is 18.6. The van der Waals surface area contributed by atoms with Gasteiger partial charge in [0.1, 0.15) is 11.3 Å². The normalized spacial score (nSPS) is 10.6. The summed E-state index contributed by atoms with van der Waals surface area (Å²) in [5.74, 6) is -1.39. The molecule has 1 heterocycles. The van der Waals surface area contributed by atoms with Gasteiger partial charge < -0.3 is 14.6 Å². The predicted octanol–water partition coefficient (Wildman–Crippen LogP) is 2.60. The number of furan rings is 1. The first kappa shape index (κ1) is 9.08. The molecule has 0 atom stereocenters. The fourth-order valence-electron chi connectivity index (χ4n) is 1.23. The Morgan fingerprint density at radius 1 is 1.43 bits per heavy atom. The fourth-order valence-corrected chi connectivity index (χ4v) is 1.88. The first-order chi connectivity index (χ1) is 6.61. The van der Waals surface area contributed by atoms with Crippen LogP contribution >= 0.6 is 15.9 Å². The molecule has 1 aromatic heterocycles. The van der Waals surface area contributed by atoms with Gasteiger partial charge in [0.25, 0.3) is 0 Å². The van der Waals surface area contributed by atoms with Gasteiger partial charge in [0, 0.05) is 0 Å². The standard InChI is InChI=1S/C9H5BrO4/c10-7-6-4(11)2-1-3-5(6)14-8(7)9(12)13/h1-3,11H,(H,12,13). The van der Waals surface area contributed by atoms with Crippen LogP contribution in [0, 0.1) is 0 Å². The molecule has 0 aliphatic carbocycles. The Hall–Kier alpha value is -1.49. The zero-order valence-electron chi connectivity index (χ0n) is 6.82. The van der Waals surface area contributed by atoms with Gasteiger partial charge in [-0.15, -0.1) is 0 Å². The van der Waals surface area contributed by atoms with Crippen molar-refractivity contribution in [1.29, 1.82) is 0 Å². The zero-order valence-corrected chi connectivity index (χ0v) is 8.41. The number of hydrogen-bond donors (Lipinski definition) is 2. The molecule has 72 valence electrons. The van der Waals surface area contributed by atoms with Crippen LogP contribution in [0.1, 0.15) is 10.6 Å². The number of fused-ring (bicyclic) bond motifs is 1. The van der Waals surface area contributed by atoms with Crippen molar-refractivity contribution < 1.29 is 19.4 Å². The molecule has 0 spiro atoms. The molecule has 1 aromatic carbocycles. The van der Waals surface area contributed by atoms with Crippen LogP contribution in [0.3, 0.4) is 0 Å². The number of benzene rings is 1. The molecule has 0 saturated heterocycles. The molecule has 0 aliphatic heterocycles. The van der Waals surface area contributed by atoms with Gasteiger partial charge in [-0.25, -0.2) is 4.79 Å². The maximum Gasteiger partial charge on any atom is 0.373 e. The number of aromatic hydroxyl groups is 1. The van der Waals surface area contributed by atoms with E-state index in [4.69, 9.17) is 9.52 Å². The topological polar surface area (TPSA) is 70.7 Å². The number of phenolic OH excluding ortho intramolecular Hbond substituents is 1. The Kier molecular flexibility index (Phi) is 1.96. The van der Waals surface area contributed by atoms with Gasteiger partial charge in [-0.3, -0.25) is 0 Å². The lowest BCUT2D eigenvalue weighted by Crippen LogP contribution is -1.93. The average Bonchev–Trinajstić information content (AvgIpc) is 2.45. The molecule has 14 heavy (non-hydrogen) atoms. The molecule has 0 bridgehead atoms. The minimum atomic E-state index is -1.17. The SMILES string of the molecule is O=C(O)c1oc2cccc(O)c2c1Br. The Morgan fingerprint density at radius 2 is 2.14 bits per heavy atom. The van der Waals surface area contributed by atoms with Crippen molar-refractivity contribution in [1.82, 2.24) is 0 Å². The van der Waals surface area contributed by atoms with Gasteiger partial charge in [-0.1, -0.05) is 6.07 Å².